The van der Waals surface area contributed by atoms with Crippen molar-refractivity contribution < 1.29 is 18.0 Å². The number of rotatable bonds is 6. The van der Waals surface area contributed by atoms with Crippen molar-refractivity contribution in [1.82, 2.24) is 4.90 Å². The number of carbonyl (C=O) groups excluding carboxylic acids is 2. The number of aryl methyl sites for hydroxylation is 1. The van der Waals surface area contributed by atoms with Gasteiger partial charge in [0.15, 0.2) is 9.84 Å². The van der Waals surface area contributed by atoms with Crippen molar-refractivity contribution in [2.75, 3.05) is 42.1 Å². The Morgan fingerprint density at radius 1 is 0.853 bits per heavy atom. The van der Waals surface area contributed by atoms with E-state index in [1.807, 2.05) is 48.2 Å². The summed E-state index contributed by atoms with van der Waals surface area (Å²) in [6, 6.07) is 22.9. The van der Waals surface area contributed by atoms with E-state index in [2.05, 4.69) is 10.2 Å². The number of sulfone groups is 1. The topological polar surface area (TPSA) is 86.8 Å². The van der Waals surface area contributed by atoms with Crippen molar-refractivity contribution in [2.45, 2.75) is 11.8 Å². The Hall–Kier alpha value is -3.65. The Morgan fingerprint density at radius 3 is 2.18 bits per heavy atom. The smallest absolute Gasteiger partial charge is 0.253 e. The molecule has 0 aromatic heterocycles. The molecule has 0 radical (unpaired) electrons. The summed E-state index contributed by atoms with van der Waals surface area (Å²) in [5.74, 6) is -1.15. The summed E-state index contributed by atoms with van der Waals surface area (Å²) in [7, 11) is -3.69. The van der Waals surface area contributed by atoms with Crippen molar-refractivity contribution in [1.29, 1.82) is 0 Å². The maximum Gasteiger partial charge on any atom is 0.253 e. The predicted octanol–water partition coefficient (Wildman–Crippen LogP) is 3.37. The van der Waals surface area contributed by atoms with Crippen LogP contribution in [0, 0.1) is 6.92 Å². The van der Waals surface area contributed by atoms with E-state index in [4.69, 9.17) is 0 Å². The third-order valence-corrected chi connectivity index (χ3v) is 7.40. The van der Waals surface area contributed by atoms with Gasteiger partial charge in [-0.3, -0.25) is 9.59 Å². The molecule has 0 atom stereocenters. The fourth-order valence-electron chi connectivity index (χ4n) is 3.96. The molecule has 4 rings (SSSR count). The maximum atomic E-state index is 12.8. The third-order valence-electron chi connectivity index (χ3n) is 5.77. The molecule has 34 heavy (non-hydrogen) atoms. The molecule has 7 nitrogen and oxygen atoms in total. The second-order valence-electron chi connectivity index (χ2n) is 8.32. The summed E-state index contributed by atoms with van der Waals surface area (Å²) in [5, 5.41) is 2.65. The van der Waals surface area contributed by atoms with Crippen LogP contribution in [-0.2, 0) is 14.6 Å². The van der Waals surface area contributed by atoms with E-state index in [-0.39, 0.29) is 10.8 Å². The Morgan fingerprint density at radius 2 is 1.53 bits per heavy atom. The quantitative estimate of drug-likeness (QED) is 0.588. The highest BCUT2D eigenvalue weighted by Gasteiger charge is 2.23. The van der Waals surface area contributed by atoms with Gasteiger partial charge in [0.2, 0.25) is 5.91 Å². The van der Waals surface area contributed by atoms with Crippen LogP contribution in [-0.4, -0.2) is 57.1 Å². The molecule has 0 bridgehead atoms. The lowest BCUT2D eigenvalue weighted by Gasteiger charge is -2.36. The molecule has 176 valence electrons. The minimum Gasteiger partial charge on any atom is -0.368 e. The molecule has 0 spiro atoms. The van der Waals surface area contributed by atoms with Gasteiger partial charge in [0.05, 0.1) is 4.90 Å². The zero-order valence-electron chi connectivity index (χ0n) is 19.0. The van der Waals surface area contributed by atoms with Crippen LogP contribution < -0.4 is 10.2 Å². The zero-order chi connectivity index (χ0) is 24.1. The van der Waals surface area contributed by atoms with Gasteiger partial charge < -0.3 is 15.1 Å². The van der Waals surface area contributed by atoms with E-state index >= 15 is 0 Å². The van der Waals surface area contributed by atoms with E-state index in [1.54, 1.807) is 30.3 Å². The summed E-state index contributed by atoms with van der Waals surface area (Å²) in [6.45, 7) is 4.64. The van der Waals surface area contributed by atoms with Gasteiger partial charge in [-0.25, -0.2) is 8.42 Å². The fraction of sp³-hybridized carbons (Fsp3) is 0.231. The van der Waals surface area contributed by atoms with Gasteiger partial charge in [-0.2, -0.15) is 0 Å². The lowest BCUT2D eigenvalue weighted by Crippen LogP contribution is -2.48. The van der Waals surface area contributed by atoms with Crippen LogP contribution in [0.1, 0.15) is 15.9 Å². The summed E-state index contributed by atoms with van der Waals surface area (Å²) >= 11 is 0. The first-order valence-electron chi connectivity index (χ1n) is 11.1. The Labute approximate surface area is 199 Å². The van der Waals surface area contributed by atoms with Gasteiger partial charge >= 0.3 is 0 Å². The van der Waals surface area contributed by atoms with Crippen molar-refractivity contribution in [2.24, 2.45) is 0 Å². The molecule has 3 aromatic rings. The minimum atomic E-state index is -3.69. The first-order chi connectivity index (χ1) is 16.3. The zero-order valence-corrected chi connectivity index (χ0v) is 19.8. The number of anilines is 2. The maximum absolute atomic E-state index is 12.8. The summed E-state index contributed by atoms with van der Waals surface area (Å²) in [5.41, 5.74) is 3.29. The molecule has 0 saturated carbocycles. The number of nitrogens with zero attached hydrogens (tertiary/aromatic N) is 2. The molecule has 0 aliphatic carbocycles. The first kappa shape index (κ1) is 23.5. The average Bonchev–Trinajstić information content (AvgIpc) is 2.84. The largest absolute Gasteiger partial charge is 0.368 e. The normalized spacial score (nSPS) is 14.0. The summed E-state index contributed by atoms with van der Waals surface area (Å²) in [4.78, 5) is 29.2. The second-order valence-corrected chi connectivity index (χ2v) is 10.3. The Balaban J connectivity index is 1.31. The number of benzene rings is 3. The molecule has 1 fully saturated rings. The number of carbonyl (C=O) groups is 2. The lowest BCUT2D eigenvalue weighted by molar-refractivity contribution is -0.113. The molecule has 1 heterocycles. The van der Waals surface area contributed by atoms with Gasteiger partial charge in [0.25, 0.3) is 5.91 Å². The Kier molecular flexibility index (Phi) is 6.98. The van der Waals surface area contributed by atoms with Crippen molar-refractivity contribution in [3.8, 4) is 0 Å². The standard InChI is InChI=1S/C26H27N3O4S/c1-20-6-5-7-21(18-20)26(31)29-16-14-28(15-17-29)23-12-10-22(11-13-23)27-25(30)19-34(32,33)24-8-3-2-4-9-24/h2-13,18H,14-17,19H2,1H3,(H,27,30). The number of hydrogen-bond donors (Lipinski definition) is 1. The van der Waals surface area contributed by atoms with Crippen LogP contribution >= 0.6 is 0 Å². The molecule has 8 heteroatoms. The van der Waals surface area contributed by atoms with Crippen LogP contribution in [0.5, 0.6) is 0 Å². The minimum absolute atomic E-state index is 0.0480. The molecule has 1 aliphatic heterocycles. The Bertz CT molecular complexity index is 1270. The van der Waals surface area contributed by atoms with Crippen LogP contribution in [0.4, 0.5) is 11.4 Å². The molecular weight excluding hydrogens is 450 g/mol. The summed E-state index contributed by atoms with van der Waals surface area (Å²) < 4.78 is 24.8. The number of nitrogens with one attached hydrogen (secondary N) is 1. The van der Waals surface area contributed by atoms with Crippen molar-refractivity contribution in [3.05, 3.63) is 90.0 Å². The number of piperazine rings is 1. The molecule has 0 unspecified atom stereocenters. The van der Waals surface area contributed by atoms with Crippen molar-refractivity contribution >= 4 is 33.0 Å². The SMILES string of the molecule is Cc1cccc(C(=O)N2CCN(c3ccc(NC(=O)CS(=O)(=O)c4ccccc4)cc3)CC2)c1. The molecule has 1 saturated heterocycles. The van der Waals surface area contributed by atoms with E-state index in [1.165, 1.54) is 12.1 Å². The van der Waals surface area contributed by atoms with E-state index in [0.29, 0.717) is 37.4 Å². The molecule has 1 N–H and O–H groups in total. The fourth-order valence-corrected chi connectivity index (χ4v) is 5.12. The molecule has 2 amide bonds. The van der Waals surface area contributed by atoms with Gasteiger partial charge in [0, 0.05) is 43.1 Å². The van der Waals surface area contributed by atoms with Crippen LogP contribution in [0.15, 0.2) is 83.8 Å². The van der Waals surface area contributed by atoms with Gasteiger partial charge in [-0.1, -0.05) is 35.9 Å². The highest BCUT2D eigenvalue weighted by molar-refractivity contribution is 7.92. The van der Waals surface area contributed by atoms with Crippen LogP contribution in [0.3, 0.4) is 0 Å². The number of amides is 2. The second kappa shape index (κ2) is 10.1. The molecule has 1 aliphatic rings. The van der Waals surface area contributed by atoms with E-state index in [0.717, 1.165) is 11.3 Å². The number of hydrogen-bond acceptors (Lipinski definition) is 5. The lowest BCUT2D eigenvalue weighted by atomic mass is 10.1. The van der Waals surface area contributed by atoms with Gasteiger partial charge in [-0.15, -0.1) is 0 Å². The first-order valence-corrected chi connectivity index (χ1v) is 12.8. The van der Waals surface area contributed by atoms with Crippen LogP contribution in [0.2, 0.25) is 0 Å². The summed E-state index contributed by atoms with van der Waals surface area (Å²) in [6.07, 6.45) is 0. The average molecular weight is 478 g/mol. The van der Waals surface area contributed by atoms with Crippen molar-refractivity contribution in [3.63, 3.8) is 0 Å². The molecular formula is C26H27N3O4S. The predicted molar refractivity (Wildman–Crippen MR) is 133 cm³/mol. The molecule has 3 aromatic carbocycles. The highest BCUT2D eigenvalue weighted by Crippen LogP contribution is 2.21. The van der Waals surface area contributed by atoms with E-state index in [9.17, 15) is 18.0 Å². The highest BCUT2D eigenvalue weighted by atomic mass is 32.2. The third kappa shape index (κ3) is 5.63. The monoisotopic (exact) mass is 477 g/mol. The van der Waals surface area contributed by atoms with E-state index < -0.39 is 21.5 Å². The van der Waals surface area contributed by atoms with Gasteiger partial charge in [0.1, 0.15) is 5.75 Å². The van der Waals surface area contributed by atoms with Gasteiger partial charge in [-0.05, 0) is 55.5 Å². The van der Waals surface area contributed by atoms with Crippen LogP contribution in [0.25, 0.3) is 0 Å².